The van der Waals surface area contributed by atoms with Crippen LogP contribution in [0, 0.1) is 0 Å². The topological polar surface area (TPSA) is 86.0 Å². The van der Waals surface area contributed by atoms with E-state index in [1.165, 1.54) is 25.7 Å². The van der Waals surface area contributed by atoms with Crippen molar-refractivity contribution in [2.75, 3.05) is 12.0 Å². The first-order valence-electron chi connectivity index (χ1n) is 6.34. The van der Waals surface area contributed by atoms with Crippen LogP contribution >= 0.6 is 11.8 Å². The number of ether oxygens (including phenoxy) is 1. The van der Waals surface area contributed by atoms with Gasteiger partial charge in [-0.2, -0.15) is 15.0 Å². The summed E-state index contributed by atoms with van der Waals surface area (Å²) in [7, 11) is 0. The van der Waals surface area contributed by atoms with E-state index in [4.69, 9.17) is 10.6 Å². The molecule has 2 rings (SSSR count). The molecule has 0 aliphatic heterocycles. The van der Waals surface area contributed by atoms with Crippen LogP contribution in [0.4, 0.5) is 5.95 Å². The summed E-state index contributed by atoms with van der Waals surface area (Å²) >= 11 is 1.69. The van der Waals surface area contributed by atoms with Gasteiger partial charge in [0.25, 0.3) is 0 Å². The first-order chi connectivity index (χ1) is 8.81. The fourth-order valence-corrected chi connectivity index (χ4v) is 3.01. The molecule has 1 heterocycles. The van der Waals surface area contributed by atoms with Gasteiger partial charge in [-0.3, -0.25) is 5.43 Å². The molecule has 18 heavy (non-hydrogen) atoms. The van der Waals surface area contributed by atoms with Gasteiger partial charge in [0.2, 0.25) is 5.95 Å². The Morgan fingerprint density at radius 2 is 2.11 bits per heavy atom. The van der Waals surface area contributed by atoms with E-state index in [0.29, 0.717) is 29.0 Å². The molecule has 6 nitrogen and oxygen atoms in total. The Labute approximate surface area is 111 Å². The third-order valence-electron chi connectivity index (χ3n) is 2.73. The summed E-state index contributed by atoms with van der Waals surface area (Å²) in [6.45, 7) is 2.64. The molecular weight excluding hydrogens is 250 g/mol. The molecule has 0 unspecified atom stereocenters. The molecule has 0 saturated heterocycles. The molecule has 1 aliphatic rings. The lowest BCUT2D eigenvalue weighted by Gasteiger charge is -2.09. The van der Waals surface area contributed by atoms with Crippen molar-refractivity contribution in [1.29, 1.82) is 0 Å². The van der Waals surface area contributed by atoms with E-state index in [-0.39, 0.29) is 0 Å². The van der Waals surface area contributed by atoms with Crippen molar-refractivity contribution in [3.8, 4) is 6.01 Å². The fourth-order valence-electron chi connectivity index (χ4n) is 1.87. The number of aromatic nitrogens is 3. The molecule has 1 aromatic heterocycles. The molecule has 1 aromatic rings. The molecule has 0 aromatic carbocycles. The lowest BCUT2D eigenvalue weighted by Crippen LogP contribution is -2.13. The summed E-state index contributed by atoms with van der Waals surface area (Å²) in [5.41, 5.74) is 2.45. The quantitative estimate of drug-likeness (QED) is 0.603. The lowest BCUT2D eigenvalue weighted by molar-refractivity contribution is 0.288. The van der Waals surface area contributed by atoms with Gasteiger partial charge in [-0.1, -0.05) is 31.5 Å². The largest absolute Gasteiger partial charge is 0.463 e. The van der Waals surface area contributed by atoms with Crippen LogP contribution in [0.2, 0.25) is 0 Å². The van der Waals surface area contributed by atoms with E-state index in [9.17, 15) is 0 Å². The minimum atomic E-state index is 0.347. The van der Waals surface area contributed by atoms with Gasteiger partial charge in [-0.25, -0.2) is 5.84 Å². The maximum Gasteiger partial charge on any atom is 0.322 e. The second kappa shape index (κ2) is 6.75. The maximum absolute atomic E-state index is 5.43. The molecule has 1 aliphatic carbocycles. The molecule has 0 atom stereocenters. The van der Waals surface area contributed by atoms with Crippen LogP contribution in [-0.2, 0) is 0 Å². The summed E-state index contributed by atoms with van der Waals surface area (Å²) in [6, 6.07) is 0.347. The van der Waals surface area contributed by atoms with Gasteiger partial charge in [0.05, 0.1) is 6.61 Å². The Kier molecular flexibility index (Phi) is 5.00. The third-order valence-corrected chi connectivity index (χ3v) is 3.93. The summed E-state index contributed by atoms with van der Waals surface area (Å²) < 4.78 is 5.43. The fraction of sp³-hybridized carbons (Fsp3) is 0.727. The number of nitrogens with two attached hydrogens (primary N) is 1. The zero-order chi connectivity index (χ0) is 12.8. The summed E-state index contributed by atoms with van der Waals surface area (Å²) in [6.07, 6.45) is 5.97. The zero-order valence-electron chi connectivity index (χ0n) is 10.6. The van der Waals surface area contributed by atoms with Crippen molar-refractivity contribution < 1.29 is 4.74 Å². The van der Waals surface area contributed by atoms with Crippen molar-refractivity contribution >= 4 is 17.7 Å². The Bertz CT molecular complexity index is 384. The van der Waals surface area contributed by atoms with E-state index < -0.39 is 0 Å². The summed E-state index contributed by atoms with van der Waals surface area (Å²) in [4.78, 5) is 12.6. The first-order valence-corrected chi connectivity index (χ1v) is 7.22. The van der Waals surface area contributed by atoms with Crippen molar-refractivity contribution in [2.24, 2.45) is 5.84 Å². The lowest BCUT2D eigenvalue weighted by atomic mass is 10.4. The number of nitrogens with one attached hydrogen (secondary N) is 1. The highest BCUT2D eigenvalue weighted by Crippen LogP contribution is 2.33. The Morgan fingerprint density at radius 1 is 1.33 bits per heavy atom. The van der Waals surface area contributed by atoms with Crippen molar-refractivity contribution in [1.82, 2.24) is 15.0 Å². The monoisotopic (exact) mass is 269 g/mol. The Morgan fingerprint density at radius 3 is 2.78 bits per heavy atom. The number of rotatable bonds is 6. The molecule has 0 radical (unpaired) electrons. The van der Waals surface area contributed by atoms with E-state index in [1.807, 2.05) is 6.92 Å². The van der Waals surface area contributed by atoms with Gasteiger partial charge in [0.1, 0.15) is 0 Å². The van der Waals surface area contributed by atoms with Crippen molar-refractivity contribution in [3.05, 3.63) is 0 Å². The van der Waals surface area contributed by atoms with Crippen LogP contribution in [-0.4, -0.2) is 26.8 Å². The van der Waals surface area contributed by atoms with Crippen LogP contribution in [0.25, 0.3) is 0 Å². The van der Waals surface area contributed by atoms with E-state index in [2.05, 4.69) is 20.4 Å². The number of hydrogen-bond acceptors (Lipinski definition) is 7. The number of thioether (sulfide) groups is 1. The number of anilines is 1. The number of nitrogen functional groups attached to an aromatic ring is 1. The molecule has 1 fully saturated rings. The van der Waals surface area contributed by atoms with Gasteiger partial charge < -0.3 is 4.74 Å². The Hall–Kier alpha value is -1.08. The average molecular weight is 269 g/mol. The van der Waals surface area contributed by atoms with E-state index in [1.54, 1.807) is 11.8 Å². The van der Waals surface area contributed by atoms with Crippen LogP contribution in [0.3, 0.4) is 0 Å². The predicted molar refractivity (Wildman–Crippen MR) is 71.5 cm³/mol. The summed E-state index contributed by atoms with van der Waals surface area (Å²) in [5.74, 6) is 5.71. The van der Waals surface area contributed by atoms with Crippen molar-refractivity contribution in [3.63, 3.8) is 0 Å². The van der Waals surface area contributed by atoms with Crippen LogP contribution < -0.4 is 16.0 Å². The third kappa shape index (κ3) is 3.71. The van der Waals surface area contributed by atoms with Gasteiger partial charge in [-0.05, 0) is 19.3 Å². The SMILES string of the molecule is CCCOc1nc(NN)nc(SC2CCCC2)n1. The maximum atomic E-state index is 5.43. The number of hydrogen-bond donors (Lipinski definition) is 2. The van der Waals surface area contributed by atoms with Gasteiger partial charge in [0.15, 0.2) is 5.16 Å². The Balaban J connectivity index is 2.06. The van der Waals surface area contributed by atoms with E-state index >= 15 is 0 Å². The van der Waals surface area contributed by atoms with Gasteiger partial charge in [-0.15, -0.1) is 0 Å². The average Bonchev–Trinajstić information content (AvgIpc) is 2.89. The van der Waals surface area contributed by atoms with Gasteiger partial charge >= 0.3 is 6.01 Å². The molecule has 0 amide bonds. The smallest absolute Gasteiger partial charge is 0.322 e. The van der Waals surface area contributed by atoms with Gasteiger partial charge in [0, 0.05) is 5.25 Å². The second-order valence-corrected chi connectivity index (χ2v) is 5.51. The highest BCUT2D eigenvalue weighted by molar-refractivity contribution is 7.99. The van der Waals surface area contributed by atoms with E-state index in [0.717, 1.165) is 6.42 Å². The molecule has 0 spiro atoms. The minimum absolute atomic E-state index is 0.347. The molecule has 3 N–H and O–H groups in total. The molecule has 1 saturated carbocycles. The predicted octanol–water partition coefficient (Wildman–Crippen LogP) is 1.98. The first kappa shape index (κ1) is 13.4. The summed E-state index contributed by atoms with van der Waals surface area (Å²) in [5, 5.41) is 1.30. The minimum Gasteiger partial charge on any atom is -0.463 e. The number of hydrazine groups is 1. The molecule has 100 valence electrons. The highest BCUT2D eigenvalue weighted by atomic mass is 32.2. The van der Waals surface area contributed by atoms with Crippen molar-refractivity contribution in [2.45, 2.75) is 49.4 Å². The molecule has 7 heteroatoms. The standard InChI is InChI=1S/C11H19N5OS/c1-2-7-17-10-13-9(16-12)14-11(15-10)18-8-5-3-4-6-8/h8H,2-7,12H2,1H3,(H,13,14,15,16). The highest BCUT2D eigenvalue weighted by Gasteiger charge is 2.18. The molecular formula is C11H19N5OS. The normalized spacial score (nSPS) is 15.9. The van der Waals surface area contributed by atoms with Crippen LogP contribution in [0.1, 0.15) is 39.0 Å². The van der Waals surface area contributed by atoms with Crippen LogP contribution in [0.5, 0.6) is 6.01 Å². The molecule has 0 bridgehead atoms. The zero-order valence-corrected chi connectivity index (χ0v) is 11.4. The second-order valence-electron chi connectivity index (χ2n) is 4.24. The number of nitrogens with zero attached hydrogens (tertiary/aromatic N) is 3. The van der Waals surface area contributed by atoms with Crippen LogP contribution in [0.15, 0.2) is 5.16 Å².